The summed E-state index contributed by atoms with van der Waals surface area (Å²) in [6, 6.07) is 0. The molecule has 7 nitrogen and oxygen atoms in total. The van der Waals surface area contributed by atoms with Gasteiger partial charge >= 0.3 is 17.9 Å². The van der Waals surface area contributed by atoms with Crippen LogP contribution in [0.25, 0.3) is 0 Å². The van der Waals surface area contributed by atoms with Crippen LogP contribution in [0.4, 0.5) is 0 Å². The molecule has 0 unspecified atom stereocenters. The van der Waals surface area contributed by atoms with Crippen molar-refractivity contribution >= 4 is 39.6 Å². The number of esters is 3. The molecule has 4 rings (SSSR count). The van der Waals surface area contributed by atoms with Gasteiger partial charge in [-0.2, -0.15) is 0 Å². The SMILES string of the molecule is CCOC(=O)CC[C@@H](C)[C@@H]1CC[C@@H]2[C@@H]3C(=O)[C@H](Br)[C@@H]4C[C@H](OC(C)=O)CC[C@]4(C)[C@H]3C[C@H](OC(C)=O)[C@@]21C. The van der Waals surface area contributed by atoms with Crippen LogP contribution in [0, 0.1) is 46.3 Å². The van der Waals surface area contributed by atoms with Crippen LogP contribution in [0.5, 0.6) is 0 Å². The van der Waals surface area contributed by atoms with Crippen LogP contribution in [-0.2, 0) is 33.4 Å². The summed E-state index contributed by atoms with van der Waals surface area (Å²) in [6.45, 7) is 11.9. The van der Waals surface area contributed by atoms with Gasteiger partial charge in [-0.1, -0.05) is 36.7 Å². The molecule has 0 aliphatic heterocycles. The maximum Gasteiger partial charge on any atom is 0.305 e. The van der Waals surface area contributed by atoms with Gasteiger partial charge in [-0.15, -0.1) is 0 Å². The Hall–Kier alpha value is -1.44. The maximum absolute atomic E-state index is 14.1. The number of carbonyl (C=O) groups is 4. The summed E-state index contributed by atoms with van der Waals surface area (Å²) in [5.41, 5.74) is -0.446. The van der Waals surface area contributed by atoms with E-state index in [9.17, 15) is 19.2 Å². The zero-order valence-corrected chi connectivity index (χ0v) is 25.4. The standard InChI is InChI=1S/C30H45BrO7/c1-7-36-25(34)11-8-16(2)20-9-10-21-26-22(15-24(30(20,21)6)38-18(4)33)29(5)13-12-19(37-17(3)32)14-23(29)27(31)28(26)35/h16,19-24,26-27H,7-15H2,1-6H3/t16-,19-,20+,21-,22+,23+,24+,26+,27-,29-,30-/m1/s1. The van der Waals surface area contributed by atoms with Crippen molar-refractivity contribution in [2.45, 2.75) is 110 Å². The number of carbonyl (C=O) groups excluding carboxylic acids is 4. The van der Waals surface area contributed by atoms with Crippen molar-refractivity contribution in [2.75, 3.05) is 6.61 Å². The van der Waals surface area contributed by atoms with Crippen LogP contribution in [0.3, 0.4) is 0 Å². The molecule has 0 aromatic carbocycles. The molecule has 0 radical (unpaired) electrons. The van der Waals surface area contributed by atoms with E-state index in [1.54, 1.807) is 0 Å². The zero-order valence-electron chi connectivity index (χ0n) is 23.8. The highest BCUT2D eigenvalue weighted by molar-refractivity contribution is 9.10. The van der Waals surface area contributed by atoms with Crippen molar-refractivity contribution in [3.8, 4) is 0 Å². The first-order valence-corrected chi connectivity index (χ1v) is 15.4. The Labute approximate surface area is 235 Å². The molecule has 0 bridgehead atoms. The minimum atomic E-state index is -0.332. The fourth-order valence-corrected chi connectivity index (χ4v) is 10.4. The molecule has 0 aromatic heterocycles. The van der Waals surface area contributed by atoms with Gasteiger partial charge in [0.25, 0.3) is 0 Å². The number of fused-ring (bicyclic) bond motifs is 5. The first-order valence-electron chi connectivity index (χ1n) is 14.5. The second-order valence-electron chi connectivity index (χ2n) is 12.9. The molecule has 8 heteroatoms. The first-order chi connectivity index (χ1) is 17.8. The van der Waals surface area contributed by atoms with E-state index in [-0.39, 0.29) is 87.1 Å². The second-order valence-corrected chi connectivity index (χ2v) is 13.9. The summed E-state index contributed by atoms with van der Waals surface area (Å²) in [4.78, 5) is 50.0. The molecule has 0 amide bonds. The van der Waals surface area contributed by atoms with E-state index in [1.165, 1.54) is 13.8 Å². The molecule has 4 aliphatic carbocycles. The van der Waals surface area contributed by atoms with Gasteiger partial charge in [0, 0.05) is 31.6 Å². The average molecular weight is 598 g/mol. The highest BCUT2D eigenvalue weighted by Crippen LogP contribution is 2.68. The van der Waals surface area contributed by atoms with E-state index in [0.29, 0.717) is 25.9 Å². The molecule has 38 heavy (non-hydrogen) atoms. The predicted molar refractivity (Wildman–Crippen MR) is 145 cm³/mol. The van der Waals surface area contributed by atoms with Crippen LogP contribution in [-0.4, -0.2) is 47.3 Å². The van der Waals surface area contributed by atoms with Crippen molar-refractivity contribution in [3.63, 3.8) is 0 Å². The predicted octanol–water partition coefficient (Wildman–Crippen LogP) is 5.65. The lowest BCUT2D eigenvalue weighted by Gasteiger charge is -2.63. The van der Waals surface area contributed by atoms with E-state index in [1.807, 2.05) is 6.92 Å². The Bertz CT molecular complexity index is 951. The van der Waals surface area contributed by atoms with Crippen LogP contribution < -0.4 is 0 Å². The van der Waals surface area contributed by atoms with Crippen LogP contribution >= 0.6 is 15.9 Å². The molecule has 0 spiro atoms. The molecule has 0 saturated heterocycles. The van der Waals surface area contributed by atoms with Crippen molar-refractivity contribution in [1.29, 1.82) is 0 Å². The minimum absolute atomic E-state index is 0.0670. The average Bonchev–Trinajstić information content (AvgIpc) is 3.20. The van der Waals surface area contributed by atoms with Gasteiger partial charge in [-0.25, -0.2) is 0 Å². The Morgan fingerprint density at radius 3 is 2.32 bits per heavy atom. The number of halogens is 1. The quantitative estimate of drug-likeness (QED) is 0.213. The molecule has 11 atom stereocenters. The van der Waals surface area contributed by atoms with E-state index < -0.39 is 0 Å². The summed E-state index contributed by atoms with van der Waals surface area (Å²) in [5.74, 6) is 0.235. The number of hydrogen-bond donors (Lipinski definition) is 0. The van der Waals surface area contributed by atoms with Crippen molar-refractivity contribution in [3.05, 3.63) is 0 Å². The molecular weight excluding hydrogens is 552 g/mol. The highest BCUT2D eigenvalue weighted by Gasteiger charge is 2.68. The number of ketones is 1. The lowest BCUT2D eigenvalue weighted by molar-refractivity contribution is -0.196. The highest BCUT2D eigenvalue weighted by atomic mass is 79.9. The van der Waals surface area contributed by atoms with Crippen LogP contribution in [0.2, 0.25) is 0 Å². The van der Waals surface area contributed by atoms with Gasteiger partial charge in [0.1, 0.15) is 18.0 Å². The second kappa shape index (κ2) is 11.2. The topological polar surface area (TPSA) is 96.0 Å². The largest absolute Gasteiger partial charge is 0.466 e. The zero-order chi connectivity index (χ0) is 28.0. The molecular formula is C30H45BrO7. The van der Waals surface area contributed by atoms with Gasteiger partial charge in [-0.05, 0) is 86.9 Å². The number of hydrogen-bond acceptors (Lipinski definition) is 7. The monoisotopic (exact) mass is 596 g/mol. The third kappa shape index (κ3) is 5.08. The third-order valence-corrected chi connectivity index (χ3v) is 12.1. The first kappa shape index (κ1) is 29.5. The normalized spacial score (nSPS) is 42.8. The lowest BCUT2D eigenvalue weighted by Crippen LogP contribution is -2.64. The van der Waals surface area contributed by atoms with Gasteiger partial charge in [0.2, 0.25) is 0 Å². The van der Waals surface area contributed by atoms with Crippen molar-refractivity contribution in [1.82, 2.24) is 0 Å². The summed E-state index contributed by atoms with van der Waals surface area (Å²) >= 11 is 3.83. The van der Waals surface area contributed by atoms with E-state index in [0.717, 1.165) is 32.1 Å². The molecule has 4 aliphatic rings. The number of ether oxygens (including phenoxy) is 3. The van der Waals surface area contributed by atoms with Gasteiger partial charge in [-0.3, -0.25) is 19.2 Å². The van der Waals surface area contributed by atoms with Crippen LogP contribution in [0.15, 0.2) is 0 Å². The molecule has 4 saturated carbocycles. The maximum atomic E-state index is 14.1. The Kier molecular flexibility index (Phi) is 8.71. The van der Waals surface area contributed by atoms with Crippen LogP contribution in [0.1, 0.15) is 92.9 Å². The minimum Gasteiger partial charge on any atom is -0.466 e. The molecule has 0 N–H and O–H groups in total. The summed E-state index contributed by atoms with van der Waals surface area (Å²) in [6.07, 6.45) is 5.56. The molecule has 214 valence electrons. The lowest BCUT2D eigenvalue weighted by atomic mass is 9.43. The Balaban J connectivity index is 1.64. The van der Waals surface area contributed by atoms with Gasteiger partial charge in [0.05, 0.1) is 11.4 Å². The third-order valence-electron chi connectivity index (χ3n) is 11.0. The Morgan fingerprint density at radius 1 is 1.00 bits per heavy atom. The summed E-state index contributed by atoms with van der Waals surface area (Å²) in [7, 11) is 0. The fourth-order valence-electron chi connectivity index (χ4n) is 9.31. The van der Waals surface area contributed by atoms with Crippen molar-refractivity contribution < 1.29 is 33.4 Å². The molecule has 0 heterocycles. The fraction of sp³-hybridized carbons (Fsp3) is 0.867. The Morgan fingerprint density at radius 2 is 1.68 bits per heavy atom. The van der Waals surface area contributed by atoms with Gasteiger partial charge < -0.3 is 14.2 Å². The van der Waals surface area contributed by atoms with E-state index >= 15 is 0 Å². The van der Waals surface area contributed by atoms with Crippen molar-refractivity contribution in [2.24, 2.45) is 46.3 Å². The number of rotatable bonds is 7. The van der Waals surface area contributed by atoms with Gasteiger partial charge in [0.15, 0.2) is 0 Å². The smallest absolute Gasteiger partial charge is 0.305 e. The summed E-state index contributed by atoms with van der Waals surface area (Å²) in [5, 5.41) is 0. The van der Waals surface area contributed by atoms with E-state index in [4.69, 9.17) is 14.2 Å². The molecule has 0 aromatic rings. The van der Waals surface area contributed by atoms with E-state index in [2.05, 4.69) is 36.7 Å². The summed E-state index contributed by atoms with van der Waals surface area (Å²) < 4.78 is 16.9. The molecule has 4 fully saturated rings. The number of Topliss-reactive ketones (excluding diaryl/α,β-unsaturated/α-hetero) is 1. The number of alkyl halides is 1.